The number of para-hydroxylation sites is 1. The van der Waals surface area contributed by atoms with Gasteiger partial charge in [-0.1, -0.05) is 29.8 Å². The molecule has 41 heavy (non-hydrogen) atoms. The first-order chi connectivity index (χ1) is 19.9. The third kappa shape index (κ3) is 4.96. The molecule has 1 aliphatic heterocycles. The summed E-state index contributed by atoms with van der Waals surface area (Å²) in [5.74, 6) is -0.244. The number of nitrogens with one attached hydrogen (secondary N) is 3. The number of aliphatic hydroxyl groups excluding tert-OH is 4. The molecular weight excluding hydrogens is 554 g/mol. The Morgan fingerprint density at radius 1 is 1.12 bits per heavy atom. The molecule has 1 saturated heterocycles. The minimum absolute atomic E-state index is 0.00746. The first kappa shape index (κ1) is 27.3. The highest BCUT2D eigenvalue weighted by molar-refractivity contribution is 6.30. The van der Waals surface area contributed by atoms with Crippen LogP contribution in [-0.4, -0.2) is 94.4 Å². The third-order valence-electron chi connectivity index (χ3n) is 7.43. The fourth-order valence-corrected chi connectivity index (χ4v) is 5.43. The molecule has 1 fully saturated rings. The van der Waals surface area contributed by atoms with Crippen molar-refractivity contribution in [2.75, 3.05) is 18.5 Å². The highest BCUT2D eigenvalue weighted by Gasteiger charge is 2.46. The first-order valence-corrected chi connectivity index (χ1v) is 13.4. The zero-order valence-electron chi connectivity index (χ0n) is 21.6. The largest absolute Gasteiger partial charge is 0.394 e. The average molecular weight is 582 g/mol. The summed E-state index contributed by atoms with van der Waals surface area (Å²) in [5, 5.41) is 48.2. The fourth-order valence-electron chi connectivity index (χ4n) is 5.24. The number of aromatic amines is 1. The summed E-state index contributed by atoms with van der Waals surface area (Å²) < 4.78 is 7.46. The lowest BCUT2D eigenvalue weighted by atomic mass is 9.97. The first-order valence-electron chi connectivity index (χ1n) is 13.0. The van der Waals surface area contributed by atoms with Gasteiger partial charge in [0.15, 0.2) is 23.2 Å². The van der Waals surface area contributed by atoms with Crippen molar-refractivity contribution in [3.05, 3.63) is 71.4 Å². The number of aliphatic hydroxyl groups is 4. The highest BCUT2D eigenvalue weighted by atomic mass is 35.5. The van der Waals surface area contributed by atoms with E-state index in [4.69, 9.17) is 16.3 Å². The van der Waals surface area contributed by atoms with Gasteiger partial charge >= 0.3 is 0 Å². The van der Waals surface area contributed by atoms with Gasteiger partial charge in [0, 0.05) is 34.2 Å². The van der Waals surface area contributed by atoms with Crippen molar-refractivity contribution in [3.63, 3.8) is 0 Å². The van der Waals surface area contributed by atoms with Gasteiger partial charge in [0.1, 0.15) is 36.8 Å². The van der Waals surface area contributed by atoms with Crippen molar-refractivity contribution in [1.29, 1.82) is 0 Å². The molecule has 214 valence electrons. The fraction of sp³-hybridized carbons (Fsp3) is 0.333. The van der Waals surface area contributed by atoms with Crippen molar-refractivity contribution < 1.29 is 30.0 Å². The maximum absolute atomic E-state index is 13.1. The normalized spacial score (nSPS) is 26.3. The van der Waals surface area contributed by atoms with Crippen LogP contribution in [0, 0.1) is 0 Å². The second-order valence-corrected chi connectivity index (χ2v) is 10.3. The van der Waals surface area contributed by atoms with Gasteiger partial charge < -0.3 is 40.8 Å². The van der Waals surface area contributed by atoms with E-state index in [9.17, 15) is 25.2 Å². The number of carbonyl (C=O) groups is 1. The Labute approximate surface area is 238 Å². The molecule has 4 aromatic rings. The third-order valence-corrected chi connectivity index (χ3v) is 7.78. The number of ether oxygens (including phenoxy) is 1. The predicted octanol–water partition coefficient (Wildman–Crippen LogP) is 0.482. The molecular formula is C27H28ClN7O6. The maximum atomic E-state index is 13.1. The summed E-state index contributed by atoms with van der Waals surface area (Å²) in [4.78, 5) is 29.5. The van der Waals surface area contributed by atoms with Crippen LogP contribution in [0.5, 0.6) is 0 Å². The van der Waals surface area contributed by atoms with E-state index in [1.165, 1.54) is 24.8 Å². The van der Waals surface area contributed by atoms with Crippen LogP contribution in [0.4, 0.5) is 5.82 Å². The van der Waals surface area contributed by atoms with Crippen molar-refractivity contribution >= 4 is 45.4 Å². The van der Waals surface area contributed by atoms with Gasteiger partial charge in [-0.15, -0.1) is 0 Å². The summed E-state index contributed by atoms with van der Waals surface area (Å²) in [6, 6.07) is 7.01. The number of amides is 1. The number of halogens is 1. The highest BCUT2D eigenvalue weighted by Crippen LogP contribution is 2.33. The van der Waals surface area contributed by atoms with Gasteiger partial charge in [0.05, 0.1) is 12.9 Å². The van der Waals surface area contributed by atoms with E-state index >= 15 is 0 Å². The molecule has 4 heterocycles. The molecule has 7 N–H and O–H groups in total. The molecule has 14 heteroatoms. The number of carbonyl (C=O) groups excluding carboxylic acids is 1. The summed E-state index contributed by atoms with van der Waals surface area (Å²) in [6.45, 7) is 0.0706. The lowest BCUT2D eigenvalue weighted by Gasteiger charge is -2.27. The van der Waals surface area contributed by atoms with E-state index in [0.29, 0.717) is 23.5 Å². The van der Waals surface area contributed by atoms with Gasteiger partial charge in [0.2, 0.25) is 5.91 Å². The summed E-state index contributed by atoms with van der Waals surface area (Å²) in [7, 11) is 0. The minimum Gasteiger partial charge on any atom is -0.394 e. The van der Waals surface area contributed by atoms with Crippen molar-refractivity contribution in [1.82, 2.24) is 29.8 Å². The minimum atomic E-state index is -1.56. The van der Waals surface area contributed by atoms with Crippen molar-refractivity contribution in [2.45, 2.75) is 43.1 Å². The van der Waals surface area contributed by atoms with Gasteiger partial charge in [0.25, 0.3) is 0 Å². The number of aromatic nitrogens is 5. The average Bonchev–Trinajstić information content (AvgIpc) is 3.68. The number of imidazole rings is 1. The number of allylic oxidation sites excluding steroid dienone is 2. The molecule has 6 rings (SSSR count). The Hall–Kier alpha value is -3.85. The van der Waals surface area contributed by atoms with Crippen LogP contribution in [0.2, 0.25) is 0 Å². The zero-order valence-corrected chi connectivity index (χ0v) is 22.3. The quantitative estimate of drug-likeness (QED) is 0.154. The molecule has 1 aromatic carbocycles. The van der Waals surface area contributed by atoms with E-state index in [1.54, 1.807) is 4.57 Å². The van der Waals surface area contributed by atoms with Crippen LogP contribution in [0.1, 0.15) is 11.8 Å². The molecule has 2 aliphatic rings. The second kappa shape index (κ2) is 11.2. The Bertz CT molecular complexity index is 1650. The topological polar surface area (TPSA) is 191 Å². The Morgan fingerprint density at radius 2 is 1.95 bits per heavy atom. The Balaban J connectivity index is 1.22. The monoisotopic (exact) mass is 581 g/mol. The number of hydrogen-bond donors (Lipinski definition) is 7. The van der Waals surface area contributed by atoms with Gasteiger partial charge in [-0.25, -0.2) is 15.0 Å². The van der Waals surface area contributed by atoms with Crippen molar-refractivity contribution in [2.24, 2.45) is 0 Å². The van der Waals surface area contributed by atoms with Crippen LogP contribution >= 0.6 is 11.6 Å². The lowest BCUT2D eigenvalue weighted by molar-refractivity contribution is -0.121. The number of rotatable bonds is 8. The lowest BCUT2D eigenvalue weighted by Crippen LogP contribution is -2.49. The van der Waals surface area contributed by atoms with Crippen LogP contribution in [-0.2, 0) is 16.0 Å². The van der Waals surface area contributed by atoms with E-state index < -0.39 is 49.2 Å². The van der Waals surface area contributed by atoms with E-state index in [-0.39, 0.29) is 10.6 Å². The number of H-pyrrole nitrogens is 1. The van der Waals surface area contributed by atoms with Gasteiger partial charge in [-0.05, 0) is 30.2 Å². The van der Waals surface area contributed by atoms with Crippen LogP contribution < -0.4 is 10.6 Å². The number of nitrogens with zero attached hydrogens (tertiary/aromatic N) is 4. The van der Waals surface area contributed by atoms with Crippen LogP contribution in [0.15, 0.2) is 65.9 Å². The molecule has 1 aliphatic carbocycles. The maximum Gasteiger partial charge on any atom is 0.250 e. The number of hydrogen-bond acceptors (Lipinski definition) is 10. The molecule has 3 aromatic heterocycles. The molecule has 0 bridgehead atoms. The number of fused-ring (bicyclic) bond motifs is 2. The summed E-state index contributed by atoms with van der Waals surface area (Å²) in [5.41, 5.74) is 2.93. The second-order valence-electron chi connectivity index (χ2n) is 9.88. The molecule has 6 atom stereocenters. The smallest absolute Gasteiger partial charge is 0.250 e. The molecule has 0 saturated carbocycles. The summed E-state index contributed by atoms with van der Waals surface area (Å²) in [6.07, 6.45) is 1.84. The van der Waals surface area contributed by atoms with E-state index in [1.807, 2.05) is 24.4 Å². The zero-order chi connectivity index (χ0) is 28.7. The van der Waals surface area contributed by atoms with Crippen LogP contribution in [0.3, 0.4) is 0 Å². The molecule has 13 nitrogen and oxygen atoms in total. The van der Waals surface area contributed by atoms with E-state index in [0.717, 1.165) is 22.9 Å². The van der Waals surface area contributed by atoms with Gasteiger partial charge in [-0.2, -0.15) is 0 Å². The molecule has 2 unspecified atom stereocenters. The molecule has 0 radical (unpaired) electrons. The SMILES string of the molecule is O=C(N[C@@H]1[C@H](O)[C@@H](CO)O[C@H]1n1cnc2c(NCCc3c[nH]c4ccccc34)ncnc21)C1=CC=C(Cl)C(O)C1O. The van der Waals surface area contributed by atoms with Gasteiger partial charge in [-0.3, -0.25) is 9.36 Å². The molecule has 0 spiro atoms. The van der Waals surface area contributed by atoms with Crippen LogP contribution in [0.25, 0.3) is 22.1 Å². The van der Waals surface area contributed by atoms with E-state index in [2.05, 4.69) is 36.6 Å². The Morgan fingerprint density at radius 3 is 2.78 bits per heavy atom. The Kier molecular flexibility index (Phi) is 7.46. The summed E-state index contributed by atoms with van der Waals surface area (Å²) >= 11 is 5.86. The van der Waals surface area contributed by atoms with Crippen molar-refractivity contribution in [3.8, 4) is 0 Å². The number of benzene rings is 1. The standard InChI is InChI=1S/C27H28ClN7O6/c28-16-6-5-15(21(37)22(16)38)26(40)34-19-23(39)18(10-36)41-27(19)35-12-33-20-24(31-11-32-25(20)35)29-8-7-13-9-30-17-4-2-1-3-14(13)17/h1-6,9,11-12,18-19,21-23,27,30,36-39H,7-8,10H2,(H,34,40)(H,29,31,32)/t18-,19-,21?,22?,23-,27-/m1/s1. The number of anilines is 1. The molecule has 1 amide bonds. The predicted molar refractivity (Wildman–Crippen MR) is 149 cm³/mol.